The predicted octanol–water partition coefficient (Wildman–Crippen LogP) is 1.98. The van der Waals surface area contributed by atoms with Crippen LogP contribution in [0.15, 0.2) is 5.38 Å². The highest BCUT2D eigenvalue weighted by atomic mass is 35.5. The number of nitrogens with two attached hydrogens (primary N) is 1. The zero-order chi connectivity index (χ0) is 15.3. The summed E-state index contributed by atoms with van der Waals surface area (Å²) in [5, 5.41) is 7.79. The fourth-order valence-corrected chi connectivity index (χ4v) is 1.98. The molecule has 2 amide bonds. The minimum Gasteiger partial charge on any atom is -0.352 e. The standard InChI is InChI=1S/C13H22N4O2S.2ClH/c1-8(6-14)15-10(18)5-9-7-20-12(16-9)17-11(19)13(2,3)4;;/h7-8H,5-6,14H2,1-4H3,(H,15,18)(H,16,17,19);2*1H/t8-;;/m0../s1. The maximum Gasteiger partial charge on any atom is 0.231 e. The van der Waals surface area contributed by atoms with Gasteiger partial charge in [-0.3, -0.25) is 9.59 Å². The number of amides is 2. The van der Waals surface area contributed by atoms with Gasteiger partial charge in [-0.25, -0.2) is 4.98 Å². The van der Waals surface area contributed by atoms with Crippen molar-refractivity contribution in [1.29, 1.82) is 0 Å². The topological polar surface area (TPSA) is 97.1 Å². The van der Waals surface area contributed by atoms with Crippen LogP contribution in [-0.4, -0.2) is 29.4 Å². The third kappa shape index (κ3) is 7.93. The van der Waals surface area contributed by atoms with Gasteiger partial charge in [0.1, 0.15) is 0 Å². The summed E-state index contributed by atoms with van der Waals surface area (Å²) in [5.74, 6) is -0.221. The fourth-order valence-electron chi connectivity index (χ4n) is 1.28. The number of carbonyl (C=O) groups excluding carboxylic acids is 2. The Bertz CT molecular complexity index is 489. The van der Waals surface area contributed by atoms with Crippen molar-refractivity contribution in [3.05, 3.63) is 11.1 Å². The molecule has 0 aliphatic rings. The van der Waals surface area contributed by atoms with E-state index in [0.717, 1.165) is 0 Å². The molecule has 0 radical (unpaired) electrons. The molecule has 1 rings (SSSR count). The van der Waals surface area contributed by atoms with Gasteiger partial charge in [0.15, 0.2) is 5.13 Å². The summed E-state index contributed by atoms with van der Waals surface area (Å²) in [7, 11) is 0. The lowest BCUT2D eigenvalue weighted by Crippen LogP contribution is -2.38. The minimum atomic E-state index is -0.472. The van der Waals surface area contributed by atoms with Gasteiger partial charge < -0.3 is 16.4 Å². The Labute approximate surface area is 147 Å². The molecule has 0 saturated carbocycles. The van der Waals surface area contributed by atoms with Crippen LogP contribution in [0.1, 0.15) is 33.4 Å². The summed E-state index contributed by atoms with van der Waals surface area (Å²) in [6, 6.07) is -0.0544. The molecule has 0 spiro atoms. The number of nitrogens with one attached hydrogen (secondary N) is 2. The molecule has 0 aromatic carbocycles. The molecular weight excluding hydrogens is 347 g/mol. The van der Waals surface area contributed by atoms with Crippen LogP contribution in [0.3, 0.4) is 0 Å². The van der Waals surface area contributed by atoms with Gasteiger partial charge in [0, 0.05) is 23.4 Å². The van der Waals surface area contributed by atoms with Crippen LogP contribution in [-0.2, 0) is 16.0 Å². The van der Waals surface area contributed by atoms with E-state index in [-0.39, 0.29) is 49.1 Å². The van der Waals surface area contributed by atoms with Crippen molar-refractivity contribution in [1.82, 2.24) is 10.3 Å². The smallest absolute Gasteiger partial charge is 0.231 e. The number of aromatic nitrogens is 1. The molecule has 0 saturated heterocycles. The van der Waals surface area contributed by atoms with Crippen LogP contribution < -0.4 is 16.4 Å². The second-order valence-electron chi connectivity index (χ2n) is 5.73. The number of hydrogen-bond acceptors (Lipinski definition) is 5. The van der Waals surface area contributed by atoms with E-state index in [9.17, 15) is 9.59 Å². The number of carbonyl (C=O) groups is 2. The van der Waals surface area contributed by atoms with Crippen LogP contribution in [0.5, 0.6) is 0 Å². The molecule has 9 heteroatoms. The van der Waals surface area contributed by atoms with E-state index >= 15 is 0 Å². The fraction of sp³-hybridized carbons (Fsp3) is 0.615. The Kier molecular flexibility index (Phi) is 10.6. The van der Waals surface area contributed by atoms with Crippen molar-refractivity contribution >= 4 is 53.1 Å². The van der Waals surface area contributed by atoms with Gasteiger partial charge in [0.05, 0.1) is 12.1 Å². The third-order valence-corrected chi connectivity index (χ3v) is 3.36. The van der Waals surface area contributed by atoms with E-state index in [1.807, 2.05) is 27.7 Å². The first-order valence-corrected chi connectivity index (χ1v) is 7.35. The van der Waals surface area contributed by atoms with Crippen LogP contribution in [0, 0.1) is 5.41 Å². The maximum atomic E-state index is 11.8. The van der Waals surface area contributed by atoms with Crippen molar-refractivity contribution in [2.75, 3.05) is 11.9 Å². The van der Waals surface area contributed by atoms with Crippen LogP contribution in [0.4, 0.5) is 5.13 Å². The molecule has 6 nitrogen and oxygen atoms in total. The quantitative estimate of drug-likeness (QED) is 0.737. The summed E-state index contributed by atoms with van der Waals surface area (Å²) >= 11 is 1.31. The van der Waals surface area contributed by atoms with E-state index in [4.69, 9.17) is 5.73 Å². The summed E-state index contributed by atoms with van der Waals surface area (Å²) in [6.45, 7) is 7.74. The first-order valence-electron chi connectivity index (χ1n) is 6.47. The highest BCUT2D eigenvalue weighted by molar-refractivity contribution is 7.13. The second-order valence-corrected chi connectivity index (χ2v) is 6.59. The lowest BCUT2D eigenvalue weighted by Gasteiger charge is -2.15. The highest BCUT2D eigenvalue weighted by Gasteiger charge is 2.22. The third-order valence-electron chi connectivity index (χ3n) is 2.56. The molecule has 1 aromatic rings. The number of anilines is 1. The molecule has 128 valence electrons. The van der Waals surface area contributed by atoms with E-state index in [0.29, 0.717) is 17.4 Å². The molecule has 0 aliphatic heterocycles. The molecule has 1 aromatic heterocycles. The lowest BCUT2D eigenvalue weighted by atomic mass is 9.96. The van der Waals surface area contributed by atoms with E-state index in [1.165, 1.54) is 11.3 Å². The average molecular weight is 371 g/mol. The molecule has 4 N–H and O–H groups in total. The first kappa shape index (κ1) is 23.4. The van der Waals surface area contributed by atoms with Gasteiger partial charge >= 0.3 is 0 Å². The summed E-state index contributed by atoms with van der Waals surface area (Å²) in [5.41, 5.74) is 5.60. The minimum absolute atomic E-state index is 0. The molecular formula is C13H24Cl2N4O2S. The number of rotatable bonds is 5. The molecule has 0 unspecified atom stereocenters. The van der Waals surface area contributed by atoms with Gasteiger partial charge in [0.2, 0.25) is 11.8 Å². The second kappa shape index (κ2) is 9.99. The molecule has 1 heterocycles. The lowest BCUT2D eigenvalue weighted by molar-refractivity contribution is -0.123. The Morgan fingerprint density at radius 2 is 1.95 bits per heavy atom. The molecule has 1 atom stereocenters. The number of nitrogens with zero attached hydrogens (tertiary/aromatic N) is 1. The monoisotopic (exact) mass is 370 g/mol. The Morgan fingerprint density at radius 1 is 1.36 bits per heavy atom. The normalized spacial score (nSPS) is 11.7. The van der Waals surface area contributed by atoms with Crippen molar-refractivity contribution < 1.29 is 9.59 Å². The molecule has 22 heavy (non-hydrogen) atoms. The van der Waals surface area contributed by atoms with Crippen molar-refractivity contribution in [2.24, 2.45) is 11.1 Å². The summed E-state index contributed by atoms with van der Waals surface area (Å²) in [6.07, 6.45) is 0.187. The number of hydrogen-bond donors (Lipinski definition) is 3. The van der Waals surface area contributed by atoms with E-state index in [1.54, 1.807) is 5.38 Å². The van der Waals surface area contributed by atoms with Crippen molar-refractivity contribution in [3.63, 3.8) is 0 Å². The first-order chi connectivity index (χ1) is 9.22. The predicted molar refractivity (Wildman–Crippen MR) is 95.1 cm³/mol. The van der Waals surface area contributed by atoms with Crippen molar-refractivity contribution in [2.45, 2.75) is 40.2 Å². The van der Waals surface area contributed by atoms with Gasteiger partial charge in [0.25, 0.3) is 0 Å². The van der Waals surface area contributed by atoms with E-state index in [2.05, 4.69) is 15.6 Å². The van der Waals surface area contributed by atoms with Crippen molar-refractivity contribution in [3.8, 4) is 0 Å². The Morgan fingerprint density at radius 3 is 2.45 bits per heavy atom. The number of halogens is 2. The zero-order valence-corrected chi connectivity index (χ0v) is 15.6. The van der Waals surface area contributed by atoms with Crippen LogP contribution >= 0.6 is 36.2 Å². The SMILES string of the molecule is C[C@@H](CN)NC(=O)Cc1csc(NC(=O)C(C)(C)C)n1.Cl.Cl. The maximum absolute atomic E-state index is 11.8. The summed E-state index contributed by atoms with van der Waals surface area (Å²) in [4.78, 5) is 27.7. The van der Waals surface area contributed by atoms with Gasteiger partial charge in [-0.15, -0.1) is 36.2 Å². The molecule has 0 fully saturated rings. The van der Waals surface area contributed by atoms with Gasteiger partial charge in [-0.05, 0) is 6.92 Å². The largest absolute Gasteiger partial charge is 0.352 e. The Balaban J connectivity index is 0. The zero-order valence-electron chi connectivity index (χ0n) is 13.1. The van der Waals surface area contributed by atoms with Gasteiger partial charge in [-0.1, -0.05) is 20.8 Å². The van der Waals surface area contributed by atoms with E-state index < -0.39 is 5.41 Å². The average Bonchev–Trinajstić information content (AvgIpc) is 2.74. The molecule has 0 bridgehead atoms. The summed E-state index contributed by atoms with van der Waals surface area (Å²) < 4.78 is 0. The van der Waals surface area contributed by atoms with Crippen LogP contribution in [0.25, 0.3) is 0 Å². The highest BCUT2D eigenvalue weighted by Crippen LogP contribution is 2.20. The molecule has 0 aliphatic carbocycles. The number of thiazole rings is 1. The van der Waals surface area contributed by atoms with Crippen LogP contribution in [0.2, 0.25) is 0 Å². The Hall–Kier alpha value is -0.890. The van der Waals surface area contributed by atoms with Gasteiger partial charge in [-0.2, -0.15) is 0 Å².